The third kappa shape index (κ3) is 5.66. The normalized spacial score (nSPS) is 16.1. The van der Waals surface area contributed by atoms with Gasteiger partial charge in [-0.25, -0.2) is 0 Å². The fraction of sp³-hybridized carbons (Fsp3) is 0.364. The van der Waals surface area contributed by atoms with Gasteiger partial charge in [-0.3, -0.25) is 9.98 Å². The number of piperidine rings is 1. The van der Waals surface area contributed by atoms with Crippen molar-refractivity contribution in [2.24, 2.45) is 4.99 Å². The Kier molecular flexibility index (Phi) is 6.99. The standard InChI is InChI=1S/C22H28N4O/c1-2-24-22(25-17-21(27)20-8-12-23-13-9-20)26-14-10-19(11-15-26)16-18-6-4-3-5-7-18/h3-9,12-13,16,21,27H,2,10-11,14-15,17H2,1H3,(H,24,25). The third-order valence-corrected chi connectivity index (χ3v) is 4.72. The van der Waals surface area contributed by atoms with Crippen LogP contribution in [0, 0.1) is 0 Å². The highest BCUT2D eigenvalue weighted by atomic mass is 16.3. The molecule has 1 aromatic carbocycles. The Bertz CT molecular complexity index is 748. The molecule has 3 rings (SSSR count). The van der Waals surface area contributed by atoms with E-state index in [2.05, 4.69) is 57.5 Å². The van der Waals surface area contributed by atoms with Gasteiger partial charge < -0.3 is 15.3 Å². The van der Waals surface area contributed by atoms with Crippen LogP contribution < -0.4 is 5.32 Å². The zero-order valence-electron chi connectivity index (χ0n) is 15.9. The van der Waals surface area contributed by atoms with E-state index in [1.54, 1.807) is 12.4 Å². The van der Waals surface area contributed by atoms with Crippen LogP contribution in [0.3, 0.4) is 0 Å². The molecular formula is C22H28N4O. The predicted molar refractivity (Wildman–Crippen MR) is 110 cm³/mol. The van der Waals surface area contributed by atoms with Crippen LogP contribution >= 0.6 is 0 Å². The predicted octanol–water partition coefficient (Wildman–Crippen LogP) is 3.26. The Morgan fingerprint density at radius 1 is 1.19 bits per heavy atom. The number of nitrogens with zero attached hydrogens (tertiary/aromatic N) is 3. The maximum atomic E-state index is 10.4. The lowest BCUT2D eigenvalue weighted by Gasteiger charge is -2.31. The first-order valence-electron chi connectivity index (χ1n) is 9.62. The first-order valence-corrected chi connectivity index (χ1v) is 9.62. The second-order valence-corrected chi connectivity index (χ2v) is 6.69. The van der Waals surface area contributed by atoms with Gasteiger partial charge in [0, 0.05) is 32.0 Å². The van der Waals surface area contributed by atoms with Crippen LogP contribution in [0.15, 0.2) is 65.4 Å². The molecule has 0 saturated carbocycles. The van der Waals surface area contributed by atoms with Crippen molar-refractivity contribution in [1.82, 2.24) is 15.2 Å². The molecule has 2 N–H and O–H groups in total. The number of guanidine groups is 1. The highest BCUT2D eigenvalue weighted by molar-refractivity contribution is 5.80. The van der Waals surface area contributed by atoms with Crippen molar-refractivity contribution < 1.29 is 5.11 Å². The molecule has 1 saturated heterocycles. The molecule has 0 aliphatic carbocycles. The van der Waals surface area contributed by atoms with E-state index in [0.29, 0.717) is 6.54 Å². The molecule has 5 nitrogen and oxygen atoms in total. The molecule has 0 radical (unpaired) electrons. The minimum absolute atomic E-state index is 0.343. The van der Waals surface area contributed by atoms with Gasteiger partial charge >= 0.3 is 0 Å². The lowest BCUT2D eigenvalue weighted by atomic mass is 10.0. The Morgan fingerprint density at radius 3 is 2.56 bits per heavy atom. The number of pyridine rings is 1. The molecule has 1 fully saturated rings. The summed E-state index contributed by atoms with van der Waals surface area (Å²) in [6.07, 6.45) is 7.14. The monoisotopic (exact) mass is 364 g/mol. The summed E-state index contributed by atoms with van der Waals surface area (Å²) in [4.78, 5) is 10.9. The van der Waals surface area contributed by atoms with E-state index in [1.165, 1.54) is 11.1 Å². The van der Waals surface area contributed by atoms with Crippen molar-refractivity contribution >= 4 is 12.0 Å². The number of aromatic nitrogens is 1. The fourth-order valence-electron chi connectivity index (χ4n) is 3.22. The maximum Gasteiger partial charge on any atom is 0.194 e. The first kappa shape index (κ1) is 19.1. The van der Waals surface area contributed by atoms with Crippen LogP contribution in [-0.2, 0) is 0 Å². The lowest BCUT2D eigenvalue weighted by molar-refractivity contribution is 0.186. The van der Waals surface area contributed by atoms with Crippen molar-refractivity contribution in [3.05, 3.63) is 71.6 Å². The Labute approximate surface area is 161 Å². The SMILES string of the molecule is CCNC(=NCC(O)c1ccncc1)N1CCC(=Cc2ccccc2)CC1. The molecule has 2 heterocycles. The number of hydrogen-bond donors (Lipinski definition) is 2. The van der Waals surface area contributed by atoms with E-state index in [-0.39, 0.29) is 0 Å². The highest BCUT2D eigenvalue weighted by Crippen LogP contribution is 2.20. The van der Waals surface area contributed by atoms with Gasteiger partial charge in [0.1, 0.15) is 0 Å². The number of hydrogen-bond acceptors (Lipinski definition) is 3. The summed E-state index contributed by atoms with van der Waals surface area (Å²) in [6, 6.07) is 14.1. The van der Waals surface area contributed by atoms with Gasteiger partial charge in [-0.15, -0.1) is 0 Å². The Balaban J connectivity index is 1.60. The van der Waals surface area contributed by atoms with Crippen LogP contribution in [-0.4, -0.2) is 47.1 Å². The quantitative estimate of drug-likeness (QED) is 0.631. The van der Waals surface area contributed by atoms with E-state index < -0.39 is 6.10 Å². The van der Waals surface area contributed by atoms with Gasteiger partial charge in [-0.1, -0.05) is 42.0 Å². The minimum Gasteiger partial charge on any atom is -0.386 e. The number of benzene rings is 1. The number of rotatable bonds is 5. The number of aliphatic imine (C=N–C) groups is 1. The smallest absolute Gasteiger partial charge is 0.194 e. The summed E-state index contributed by atoms with van der Waals surface area (Å²) in [7, 11) is 0. The van der Waals surface area contributed by atoms with Crippen molar-refractivity contribution in [1.29, 1.82) is 0 Å². The van der Waals surface area contributed by atoms with Crippen LogP contribution in [0.4, 0.5) is 0 Å². The molecule has 2 aromatic rings. The van der Waals surface area contributed by atoms with Crippen molar-refractivity contribution in [3.8, 4) is 0 Å². The molecule has 1 unspecified atom stereocenters. The summed E-state index contributed by atoms with van der Waals surface area (Å²) >= 11 is 0. The van der Waals surface area contributed by atoms with Gasteiger partial charge in [-0.05, 0) is 43.0 Å². The Hall–Kier alpha value is -2.66. The van der Waals surface area contributed by atoms with E-state index >= 15 is 0 Å². The molecule has 1 aliphatic heterocycles. The summed E-state index contributed by atoms with van der Waals surface area (Å²) in [5, 5.41) is 13.7. The van der Waals surface area contributed by atoms with Gasteiger partial charge in [0.05, 0.1) is 12.6 Å². The summed E-state index contributed by atoms with van der Waals surface area (Å²) in [5.74, 6) is 0.879. The van der Waals surface area contributed by atoms with E-state index in [4.69, 9.17) is 0 Å². The second-order valence-electron chi connectivity index (χ2n) is 6.69. The fourth-order valence-corrected chi connectivity index (χ4v) is 3.22. The lowest BCUT2D eigenvalue weighted by Crippen LogP contribution is -2.44. The van der Waals surface area contributed by atoms with Crippen LogP contribution in [0.5, 0.6) is 0 Å². The van der Waals surface area contributed by atoms with Gasteiger partial charge in [-0.2, -0.15) is 0 Å². The van der Waals surface area contributed by atoms with Crippen molar-refractivity contribution in [2.45, 2.75) is 25.9 Å². The zero-order valence-corrected chi connectivity index (χ0v) is 15.9. The molecule has 1 aliphatic rings. The number of likely N-dealkylation sites (tertiary alicyclic amines) is 1. The summed E-state index contributed by atoms with van der Waals surface area (Å²) in [5.41, 5.74) is 3.59. The molecule has 5 heteroatoms. The molecule has 0 amide bonds. The molecular weight excluding hydrogens is 336 g/mol. The third-order valence-electron chi connectivity index (χ3n) is 4.72. The van der Waals surface area contributed by atoms with Crippen LogP contribution in [0.2, 0.25) is 0 Å². The highest BCUT2D eigenvalue weighted by Gasteiger charge is 2.18. The summed E-state index contributed by atoms with van der Waals surface area (Å²) < 4.78 is 0. The van der Waals surface area contributed by atoms with Crippen molar-refractivity contribution in [2.75, 3.05) is 26.2 Å². The maximum absolute atomic E-state index is 10.4. The van der Waals surface area contributed by atoms with Crippen LogP contribution in [0.25, 0.3) is 6.08 Å². The van der Waals surface area contributed by atoms with Crippen molar-refractivity contribution in [3.63, 3.8) is 0 Å². The molecule has 0 bridgehead atoms. The van der Waals surface area contributed by atoms with Gasteiger partial charge in [0.2, 0.25) is 0 Å². The number of aliphatic hydroxyl groups excluding tert-OH is 1. The largest absolute Gasteiger partial charge is 0.386 e. The topological polar surface area (TPSA) is 60.8 Å². The van der Waals surface area contributed by atoms with Gasteiger partial charge in [0.25, 0.3) is 0 Å². The minimum atomic E-state index is -0.611. The molecule has 1 aromatic heterocycles. The second kappa shape index (κ2) is 9.88. The van der Waals surface area contributed by atoms with E-state index in [9.17, 15) is 5.11 Å². The van der Waals surface area contributed by atoms with Crippen LogP contribution in [0.1, 0.15) is 37.0 Å². The van der Waals surface area contributed by atoms with E-state index in [0.717, 1.165) is 44.0 Å². The molecule has 1 atom stereocenters. The zero-order chi connectivity index (χ0) is 18.9. The molecule has 0 spiro atoms. The molecule has 27 heavy (non-hydrogen) atoms. The van der Waals surface area contributed by atoms with Gasteiger partial charge in [0.15, 0.2) is 5.96 Å². The number of nitrogens with one attached hydrogen (secondary N) is 1. The summed E-state index contributed by atoms with van der Waals surface area (Å²) in [6.45, 7) is 5.11. The first-order chi connectivity index (χ1) is 13.3. The number of aliphatic hydroxyl groups is 1. The molecule has 142 valence electrons. The Morgan fingerprint density at radius 2 is 1.89 bits per heavy atom. The average Bonchev–Trinajstić information content (AvgIpc) is 2.73. The average molecular weight is 364 g/mol. The van der Waals surface area contributed by atoms with E-state index in [1.807, 2.05) is 18.2 Å².